The number of thiophene rings is 1. The smallest absolute Gasteiger partial charge is 0.295 e. The number of amides is 1. The van der Waals surface area contributed by atoms with Crippen LogP contribution in [0.4, 0.5) is 5.82 Å². The van der Waals surface area contributed by atoms with Crippen LogP contribution in [-0.2, 0) is 17.8 Å². The lowest BCUT2D eigenvalue weighted by molar-refractivity contribution is -0.125. The predicted molar refractivity (Wildman–Crippen MR) is 135 cm³/mol. The predicted octanol–water partition coefficient (Wildman–Crippen LogP) is 3.48. The quantitative estimate of drug-likeness (QED) is 0.445. The number of hydrogen-bond acceptors (Lipinski definition) is 6. The van der Waals surface area contributed by atoms with E-state index in [2.05, 4.69) is 16.4 Å². The molecule has 4 heterocycles. The summed E-state index contributed by atoms with van der Waals surface area (Å²) in [5.41, 5.74) is 2.10. The molecule has 8 heteroatoms. The summed E-state index contributed by atoms with van der Waals surface area (Å²) in [6.45, 7) is 2.24. The number of carbonyl (C=O) groups is 1. The fourth-order valence-electron chi connectivity index (χ4n) is 4.47. The second-order valence-electron chi connectivity index (χ2n) is 8.56. The molecule has 1 N–H and O–H groups in total. The summed E-state index contributed by atoms with van der Waals surface area (Å²) in [7, 11) is 0. The number of rotatable bonds is 7. The first kappa shape index (κ1) is 22.3. The highest BCUT2D eigenvalue weighted by Crippen LogP contribution is 2.22. The summed E-state index contributed by atoms with van der Waals surface area (Å²) in [4.78, 5) is 38.8. The Bertz CT molecular complexity index is 1320. The van der Waals surface area contributed by atoms with Crippen molar-refractivity contribution in [1.29, 1.82) is 0 Å². The summed E-state index contributed by atoms with van der Waals surface area (Å²) in [6, 6.07) is 17.7. The van der Waals surface area contributed by atoms with Crippen LogP contribution in [-0.4, -0.2) is 40.1 Å². The van der Waals surface area contributed by atoms with Gasteiger partial charge in [-0.1, -0.05) is 36.4 Å². The topological polar surface area (TPSA) is 80.1 Å². The lowest BCUT2D eigenvalue weighted by atomic mass is 9.97. The van der Waals surface area contributed by atoms with Crippen LogP contribution < -0.4 is 15.8 Å². The van der Waals surface area contributed by atoms with Crippen molar-refractivity contribution < 1.29 is 4.79 Å². The van der Waals surface area contributed by atoms with Crippen molar-refractivity contribution in [3.63, 3.8) is 0 Å². The van der Waals surface area contributed by atoms with Gasteiger partial charge in [0.15, 0.2) is 11.5 Å². The number of aromatic nitrogens is 3. The fourth-order valence-corrected chi connectivity index (χ4v) is 5.18. The van der Waals surface area contributed by atoms with E-state index in [4.69, 9.17) is 4.98 Å². The molecular weight excluding hydrogens is 446 g/mol. The van der Waals surface area contributed by atoms with Crippen molar-refractivity contribution in [2.45, 2.75) is 25.8 Å². The number of hydrogen-bond donors (Lipinski definition) is 1. The molecule has 0 aliphatic carbocycles. The molecule has 3 aromatic heterocycles. The molecule has 0 bridgehead atoms. The Morgan fingerprint density at radius 3 is 2.82 bits per heavy atom. The molecule has 7 nitrogen and oxygen atoms in total. The van der Waals surface area contributed by atoms with Gasteiger partial charge in [0, 0.05) is 30.7 Å². The highest BCUT2D eigenvalue weighted by atomic mass is 32.1. The molecule has 34 heavy (non-hydrogen) atoms. The van der Waals surface area contributed by atoms with Crippen molar-refractivity contribution in [2.75, 3.05) is 24.5 Å². The van der Waals surface area contributed by atoms with Crippen LogP contribution in [0.5, 0.6) is 0 Å². The zero-order valence-corrected chi connectivity index (χ0v) is 19.7. The highest BCUT2D eigenvalue weighted by Gasteiger charge is 2.28. The van der Waals surface area contributed by atoms with Crippen LogP contribution >= 0.6 is 11.3 Å². The van der Waals surface area contributed by atoms with Crippen molar-refractivity contribution in [2.24, 2.45) is 5.92 Å². The van der Waals surface area contributed by atoms with Crippen molar-refractivity contribution in [3.8, 4) is 0 Å². The van der Waals surface area contributed by atoms with Gasteiger partial charge in [-0.2, -0.15) is 0 Å². The molecule has 1 saturated heterocycles. The summed E-state index contributed by atoms with van der Waals surface area (Å²) in [5.74, 6) is 0.284. The van der Waals surface area contributed by atoms with Gasteiger partial charge < -0.3 is 10.2 Å². The van der Waals surface area contributed by atoms with Crippen LogP contribution in [0.2, 0.25) is 0 Å². The Hall–Kier alpha value is -3.52. The van der Waals surface area contributed by atoms with Crippen molar-refractivity contribution >= 4 is 34.2 Å². The SMILES string of the molecule is O=C(NCCc1cccs1)[C@H]1CCCN(c2nc3cccnc3n(Cc3ccccc3)c2=O)C1. The van der Waals surface area contributed by atoms with Gasteiger partial charge >= 0.3 is 0 Å². The van der Waals surface area contributed by atoms with E-state index in [1.165, 1.54) is 4.88 Å². The van der Waals surface area contributed by atoms with Gasteiger partial charge in [-0.05, 0) is 48.4 Å². The van der Waals surface area contributed by atoms with E-state index in [-0.39, 0.29) is 17.4 Å². The largest absolute Gasteiger partial charge is 0.355 e. The van der Waals surface area contributed by atoms with E-state index in [1.54, 1.807) is 22.1 Å². The number of pyridine rings is 1. The van der Waals surface area contributed by atoms with E-state index in [1.807, 2.05) is 58.8 Å². The third kappa shape index (κ3) is 4.87. The highest BCUT2D eigenvalue weighted by molar-refractivity contribution is 7.09. The van der Waals surface area contributed by atoms with Gasteiger partial charge in [-0.25, -0.2) is 9.97 Å². The molecule has 1 amide bonds. The maximum Gasteiger partial charge on any atom is 0.295 e. The Labute approximate surface area is 202 Å². The first-order valence-corrected chi connectivity index (χ1v) is 12.5. The van der Waals surface area contributed by atoms with Gasteiger partial charge in [0.25, 0.3) is 5.56 Å². The average Bonchev–Trinajstić information content (AvgIpc) is 3.40. The third-order valence-corrected chi connectivity index (χ3v) is 7.15. The number of fused-ring (bicyclic) bond motifs is 1. The zero-order chi connectivity index (χ0) is 23.3. The Morgan fingerprint density at radius 2 is 2.00 bits per heavy atom. The average molecular weight is 474 g/mol. The summed E-state index contributed by atoms with van der Waals surface area (Å²) >= 11 is 1.70. The lowest BCUT2D eigenvalue weighted by Gasteiger charge is -2.32. The number of piperidine rings is 1. The van der Waals surface area contributed by atoms with Crippen LogP contribution in [0.1, 0.15) is 23.3 Å². The first-order valence-electron chi connectivity index (χ1n) is 11.6. The van der Waals surface area contributed by atoms with E-state index >= 15 is 0 Å². The second kappa shape index (κ2) is 10.2. The molecule has 4 aromatic rings. The number of anilines is 1. The van der Waals surface area contributed by atoms with Crippen LogP contribution in [0.15, 0.2) is 71.0 Å². The zero-order valence-electron chi connectivity index (χ0n) is 18.9. The minimum absolute atomic E-state index is 0.0494. The van der Waals surface area contributed by atoms with Crippen LogP contribution in [0.25, 0.3) is 11.2 Å². The van der Waals surface area contributed by atoms with E-state index in [0.29, 0.717) is 43.2 Å². The molecule has 0 saturated carbocycles. The normalized spacial score (nSPS) is 16.0. The maximum absolute atomic E-state index is 13.6. The molecule has 1 fully saturated rings. The Balaban J connectivity index is 1.37. The maximum atomic E-state index is 13.6. The molecule has 5 rings (SSSR count). The number of benzene rings is 1. The van der Waals surface area contributed by atoms with Gasteiger partial charge in [-0.15, -0.1) is 11.3 Å². The van der Waals surface area contributed by atoms with Crippen LogP contribution in [0.3, 0.4) is 0 Å². The third-order valence-electron chi connectivity index (χ3n) is 6.21. The molecular formula is C26H27N5O2S. The molecule has 174 valence electrons. The monoisotopic (exact) mass is 473 g/mol. The van der Waals surface area contributed by atoms with Crippen molar-refractivity contribution in [1.82, 2.24) is 19.9 Å². The molecule has 1 aliphatic heterocycles. The molecule has 0 radical (unpaired) electrons. The van der Waals surface area contributed by atoms with E-state index in [0.717, 1.165) is 24.8 Å². The second-order valence-corrected chi connectivity index (χ2v) is 9.60. The summed E-state index contributed by atoms with van der Waals surface area (Å²) in [5, 5.41) is 5.13. The minimum atomic E-state index is -0.172. The summed E-state index contributed by atoms with van der Waals surface area (Å²) < 4.78 is 1.69. The first-order chi connectivity index (χ1) is 16.7. The lowest BCUT2D eigenvalue weighted by Crippen LogP contribution is -2.46. The Kier molecular flexibility index (Phi) is 6.67. The fraction of sp³-hybridized carbons (Fsp3) is 0.308. The van der Waals surface area contributed by atoms with E-state index < -0.39 is 0 Å². The Morgan fingerprint density at radius 1 is 1.12 bits per heavy atom. The molecule has 1 atom stereocenters. The number of carbonyl (C=O) groups excluding carboxylic acids is 1. The standard InChI is InChI=1S/C26H27N5O2S/c32-25(28-14-12-21-10-6-16-34-21)20-9-5-15-30(18-20)24-26(33)31(17-19-7-2-1-3-8-19)23-22(29-24)11-4-13-27-23/h1-4,6-8,10-11,13,16,20H,5,9,12,14-15,17-18H2,(H,28,32)/t20-/m0/s1. The van der Waals surface area contributed by atoms with Crippen LogP contribution in [0, 0.1) is 5.92 Å². The molecule has 1 aliphatic rings. The molecule has 1 aromatic carbocycles. The van der Waals surface area contributed by atoms with E-state index in [9.17, 15) is 9.59 Å². The van der Waals surface area contributed by atoms with Gasteiger partial charge in [0.05, 0.1) is 12.5 Å². The number of nitrogens with zero attached hydrogens (tertiary/aromatic N) is 4. The van der Waals surface area contributed by atoms with Crippen molar-refractivity contribution in [3.05, 3.63) is 87.0 Å². The summed E-state index contributed by atoms with van der Waals surface area (Å²) in [6.07, 6.45) is 4.17. The molecule has 0 unspecified atom stereocenters. The van der Waals surface area contributed by atoms with Gasteiger partial charge in [0.2, 0.25) is 5.91 Å². The molecule has 0 spiro atoms. The minimum Gasteiger partial charge on any atom is -0.355 e. The van der Waals surface area contributed by atoms with Gasteiger partial charge in [0.1, 0.15) is 5.52 Å². The van der Waals surface area contributed by atoms with Gasteiger partial charge in [-0.3, -0.25) is 14.2 Å². The number of nitrogens with one attached hydrogen (secondary N) is 1.